The lowest BCUT2D eigenvalue weighted by Crippen LogP contribution is -3.06. The number of para-hydroxylation sites is 2. The molecular formula is C19H23N2O3S+. The summed E-state index contributed by atoms with van der Waals surface area (Å²) in [5.74, 6) is 1.53. The van der Waals surface area contributed by atoms with Crippen LogP contribution in [0.1, 0.15) is 12.5 Å². The lowest BCUT2D eigenvalue weighted by atomic mass is 10.2. The first-order valence-electron chi connectivity index (χ1n) is 8.31. The smallest absolute Gasteiger partial charge is 0.274 e. The van der Waals surface area contributed by atoms with E-state index in [2.05, 4.69) is 13.1 Å². The van der Waals surface area contributed by atoms with Gasteiger partial charge in [0, 0.05) is 5.56 Å². The highest BCUT2D eigenvalue weighted by Crippen LogP contribution is 2.27. The van der Waals surface area contributed by atoms with Gasteiger partial charge in [0.1, 0.15) is 6.54 Å². The Labute approximate surface area is 152 Å². The monoisotopic (exact) mass is 359 g/mol. The second-order valence-electron chi connectivity index (χ2n) is 5.97. The van der Waals surface area contributed by atoms with Crippen molar-refractivity contribution in [3.8, 4) is 11.5 Å². The summed E-state index contributed by atoms with van der Waals surface area (Å²) in [6.07, 6.45) is 0. The molecule has 0 aliphatic rings. The third-order valence-corrected chi connectivity index (χ3v) is 4.34. The summed E-state index contributed by atoms with van der Waals surface area (Å²) in [4.78, 5) is 1.79. The predicted molar refractivity (Wildman–Crippen MR) is 99.8 cm³/mol. The maximum absolute atomic E-state index is 5.66. The van der Waals surface area contributed by atoms with E-state index in [0.29, 0.717) is 11.4 Å². The topological polar surface area (TPSA) is 41.0 Å². The van der Waals surface area contributed by atoms with Gasteiger partial charge in [-0.2, -0.15) is 0 Å². The zero-order valence-corrected chi connectivity index (χ0v) is 15.6. The molecule has 0 bridgehead atoms. The Kier molecular flexibility index (Phi) is 5.40. The molecule has 5 nitrogen and oxygen atoms in total. The van der Waals surface area contributed by atoms with E-state index in [1.165, 1.54) is 10.5 Å². The minimum atomic E-state index is 0.504. The van der Waals surface area contributed by atoms with Crippen LogP contribution in [0.3, 0.4) is 0 Å². The van der Waals surface area contributed by atoms with Crippen LogP contribution in [0.25, 0.3) is 11.1 Å². The van der Waals surface area contributed by atoms with E-state index in [1.807, 2.05) is 47.9 Å². The molecule has 0 amide bonds. The van der Waals surface area contributed by atoms with Gasteiger partial charge in [0.05, 0.1) is 26.3 Å². The fourth-order valence-corrected chi connectivity index (χ4v) is 3.19. The molecule has 2 aromatic carbocycles. The third kappa shape index (κ3) is 3.86. The van der Waals surface area contributed by atoms with Crippen LogP contribution in [0, 0.1) is 4.84 Å². The molecule has 1 unspecified atom stereocenters. The van der Waals surface area contributed by atoms with E-state index in [9.17, 15) is 0 Å². The first kappa shape index (κ1) is 17.5. The molecule has 0 spiro atoms. The molecule has 1 atom stereocenters. The predicted octanol–water partition coefficient (Wildman–Crippen LogP) is 3.04. The van der Waals surface area contributed by atoms with E-state index in [0.717, 1.165) is 35.8 Å². The Morgan fingerprint density at radius 1 is 1.16 bits per heavy atom. The standard InChI is InChI=1S/C19H22N2O3S/c1-4-23-17-10-9-14(11-18(17)22-3)12-20(2)13-21-15-7-5-6-8-16(15)24-19(21)25/h5-11H,4,12-13H2,1-3H3/p+1. The molecular weight excluding hydrogens is 336 g/mol. The van der Waals surface area contributed by atoms with Gasteiger partial charge >= 0.3 is 0 Å². The highest BCUT2D eigenvalue weighted by atomic mass is 32.1. The number of aromatic nitrogens is 1. The maximum atomic E-state index is 5.66. The zero-order chi connectivity index (χ0) is 17.8. The Balaban J connectivity index is 1.77. The van der Waals surface area contributed by atoms with Gasteiger partial charge < -0.3 is 18.8 Å². The van der Waals surface area contributed by atoms with E-state index in [4.69, 9.17) is 26.1 Å². The lowest BCUT2D eigenvalue weighted by Gasteiger charge is -2.16. The first-order valence-corrected chi connectivity index (χ1v) is 8.72. The fraction of sp³-hybridized carbons (Fsp3) is 0.316. The van der Waals surface area contributed by atoms with Crippen molar-refractivity contribution in [2.75, 3.05) is 20.8 Å². The number of benzene rings is 2. The van der Waals surface area contributed by atoms with Crippen molar-refractivity contribution < 1.29 is 18.8 Å². The van der Waals surface area contributed by atoms with Crippen LogP contribution in [0.5, 0.6) is 11.5 Å². The zero-order valence-electron chi connectivity index (χ0n) is 14.7. The van der Waals surface area contributed by atoms with E-state index >= 15 is 0 Å². The molecule has 0 aliphatic carbocycles. The molecule has 1 heterocycles. The molecule has 132 valence electrons. The van der Waals surface area contributed by atoms with Gasteiger partial charge in [-0.1, -0.05) is 12.1 Å². The van der Waals surface area contributed by atoms with Crippen molar-refractivity contribution in [1.82, 2.24) is 4.57 Å². The molecule has 0 saturated carbocycles. The first-order chi connectivity index (χ1) is 12.1. The average molecular weight is 359 g/mol. The van der Waals surface area contributed by atoms with Gasteiger partial charge in [-0.3, -0.25) is 4.57 Å². The molecule has 0 aliphatic heterocycles. The largest absolute Gasteiger partial charge is 0.493 e. The molecule has 0 radical (unpaired) electrons. The van der Waals surface area contributed by atoms with Gasteiger partial charge in [0.15, 0.2) is 23.8 Å². The Morgan fingerprint density at radius 2 is 1.96 bits per heavy atom. The van der Waals surface area contributed by atoms with Crippen LogP contribution >= 0.6 is 12.2 Å². The van der Waals surface area contributed by atoms with Crippen LogP contribution in [0.15, 0.2) is 46.9 Å². The Hall–Kier alpha value is -2.31. The van der Waals surface area contributed by atoms with Crippen LogP contribution in [0.4, 0.5) is 0 Å². The third-order valence-electron chi connectivity index (χ3n) is 4.04. The number of rotatable bonds is 7. The summed E-state index contributed by atoms with van der Waals surface area (Å²) >= 11 is 5.37. The van der Waals surface area contributed by atoms with Crippen LogP contribution < -0.4 is 14.4 Å². The summed E-state index contributed by atoms with van der Waals surface area (Å²) in [5.41, 5.74) is 3.02. The van der Waals surface area contributed by atoms with E-state index in [1.54, 1.807) is 7.11 Å². The molecule has 1 N–H and O–H groups in total. The minimum absolute atomic E-state index is 0.504. The second-order valence-corrected chi connectivity index (χ2v) is 6.32. The van der Waals surface area contributed by atoms with Gasteiger partial charge in [0.25, 0.3) is 4.84 Å². The highest BCUT2D eigenvalue weighted by molar-refractivity contribution is 7.71. The van der Waals surface area contributed by atoms with E-state index in [-0.39, 0.29) is 0 Å². The number of nitrogens with one attached hydrogen (secondary N) is 1. The number of nitrogens with zero attached hydrogens (tertiary/aromatic N) is 1. The van der Waals surface area contributed by atoms with Gasteiger partial charge in [-0.15, -0.1) is 0 Å². The molecule has 0 fully saturated rings. The normalized spacial score (nSPS) is 12.3. The van der Waals surface area contributed by atoms with Gasteiger partial charge in [-0.25, -0.2) is 0 Å². The number of ether oxygens (including phenoxy) is 2. The van der Waals surface area contributed by atoms with Crippen molar-refractivity contribution >= 4 is 23.3 Å². The summed E-state index contributed by atoms with van der Waals surface area (Å²) in [7, 11) is 3.79. The summed E-state index contributed by atoms with van der Waals surface area (Å²) < 4.78 is 18.7. The van der Waals surface area contributed by atoms with Gasteiger partial charge in [0.2, 0.25) is 0 Å². The molecule has 6 heteroatoms. The summed E-state index contributed by atoms with van der Waals surface area (Å²) in [6.45, 7) is 4.15. The minimum Gasteiger partial charge on any atom is -0.493 e. The Morgan fingerprint density at radius 3 is 2.72 bits per heavy atom. The number of quaternary nitrogens is 1. The van der Waals surface area contributed by atoms with Crippen molar-refractivity contribution in [3.05, 3.63) is 52.9 Å². The average Bonchev–Trinajstić information content (AvgIpc) is 2.92. The molecule has 3 aromatic rings. The molecule has 25 heavy (non-hydrogen) atoms. The highest BCUT2D eigenvalue weighted by Gasteiger charge is 2.13. The summed E-state index contributed by atoms with van der Waals surface area (Å²) in [5, 5.41) is 0. The van der Waals surface area contributed by atoms with Crippen LogP contribution in [0.2, 0.25) is 0 Å². The lowest BCUT2D eigenvalue weighted by molar-refractivity contribution is -0.916. The number of oxazole rings is 1. The van der Waals surface area contributed by atoms with Gasteiger partial charge in [-0.05, 0) is 49.5 Å². The van der Waals surface area contributed by atoms with Crippen LogP contribution in [-0.2, 0) is 13.2 Å². The SMILES string of the molecule is CCOc1ccc(C[NH+](C)Cn2c(=S)oc3ccccc32)cc1OC. The maximum Gasteiger partial charge on any atom is 0.274 e. The van der Waals surface area contributed by atoms with Crippen molar-refractivity contribution in [2.24, 2.45) is 0 Å². The molecule has 0 saturated heterocycles. The Bertz CT molecular complexity index is 916. The summed E-state index contributed by atoms with van der Waals surface area (Å²) in [6, 6.07) is 14.0. The molecule has 1 aromatic heterocycles. The van der Waals surface area contributed by atoms with Crippen molar-refractivity contribution in [2.45, 2.75) is 20.1 Å². The second kappa shape index (κ2) is 7.72. The van der Waals surface area contributed by atoms with Crippen LogP contribution in [-0.4, -0.2) is 25.3 Å². The number of hydrogen-bond donors (Lipinski definition) is 1. The number of fused-ring (bicyclic) bond motifs is 1. The molecule has 3 rings (SSSR count). The quantitative estimate of drug-likeness (QED) is 0.659. The number of hydrogen-bond acceptors (Lipinski definition) is 4. The van der Waals surface area contributed by atoms with Crippen molar-refractivity contribution in [3.63, 3.8) is 0 Å². The fourth-order valence-electron chi connectivity index (χ4n) is 2.93. The number of methoxy groups -OCH3 is 1. The van der Waals surface area contributed by atoms with Crippen molar-refractivity contribution in [1.29, 1.82) is 0 Å². The van der Waals surface area contributed by atoms with E-state index < -0.39 is 0 Å².